The molecular weight excluding hydrogens is 294 g/mol. The predicted molar refractivity (Wildman–Crippen MR) is 80.3 cm³/mol. The summed E-state index contributed by atoms with van der Waals surface area (Å²) < 4.78 is 4.90. The lowest BCUT2D eigenvalue weighted by Crippen LogP contribution is -2.32. The highest BCUT2D eigenvalue weighted by atomic mass is 32.1. The van der Waals surface area contributed by atoms with Crippen LogP contribution < -0.4 is 4.90 Å². The number of ether oxygens (including phenoxy) is 1. The molecule has 0 amide bonds. The van der Waals surface area contributed by atoms with Gasteiger partial charge in [0.2, 0.25) is 0 Å². The maximum Gasteiger partial charge on any atom is 0.346 e. The number of hydrogen-bond acceptors (Lipinski definition) is 7. The number of anilines is 1. The third-order valence-corrected chi connectivity index (χ3v) is 4.29. The van der Waals surface area contributed by atoms with Crippen LogP contribution in [0.15, 0.2) is 6.33 Å². The number of aryl methyl sites for hydroxylation is 1. The number of carboxylic acid groups (broad SMARTS) is 1. The van der Waals surface area contributed by atoms with Gasteiger partial charge in [0.05, 0.1) is 18.1 Å². The normalized spacial score (nSPS) is 12.6. The van der Waals surface area contributed by atoms with Crippen LogP contribution in [-0.2, 0) is 4.74 Å². The van der Waals surface area contributed by atoms with Crippen molar-refractivity contribution in [3.05, 3.63) is 16.8 Å². The second kappa shape index (κ2) is 6.33. The molecule has 0 aliphatic rings. The van der Waals surface area contributed by atoms with E-state index in [9.17, 15) is 15.0 Å². The standard InChI is InChI=1S/C13H17N3O4S/c1-7-9-11(16(2)4-8(17)5-20-3)14-6-15-12(9)21-10(7)13(18)19/h6,8,17H,4-5H2,1-3H3,(H,18,19). The van der Waals surface area contributed by atoms with E-state index < -0.39 is 12.1 Å². The zero-order chi connectivity index (χ0) is 15.6. The Hall–Kier alpha value is -1.77. The highest BCUT2D eigenvalue weighted by Crippen LogP contribution is 2.34. The van der Waals surface area contributed by atoms with Gasteiger partial charge in [0, 0.05) is 20.7 Å². The van der Waals surface area contributed by atoms with Crippen LogP contribution in [0.25, 0.3) is 10.2 Å². The lowest BCUT2D eigenvalue weighted by Gasteiger charge is -2.22. The van der Waals surface area contributed by atoms with E-state index in [2.05, 4.69) is 9.97 Å². The Kier molecular flexibility index (Phi) is 4.71. The molecule has 8 heteroatoms. The summed E-state index contributed by atoms with van der Waals surface area (Å²) >= 11 is 1.13. The molecule has 0 spiro atoms. The molecule has 0 aromatic carbocycles. The zero-order valence-corrected chi connectivity index (χ0v) is 12.8. The van der Waals surface area contributed by atoms with E-state index in [0.717, 1.165) is 11.3 Å². The minimum atomic E-state index is -0.969. The molecule has 2 aromatic heterocycles. The van der Waals surface area contributed by atoms with Gasteiger partial charge in [0.1, 0.15) is 21.9 Å². The van der Waals surface area contributed by atoms with Crippen molar-refractivity contribution in [3.8, 4) is 0 Å². The van der Waals surface area contributed by atoms with Crippen LogP contribution in [-0.4, -0.2) is 59.6 Å². The fourth-order valence-electron chi connectivity index (χ4n) is 2.19. The molecule has 2 heterocycles. The minimum Gasteiger partial charge on any atom is -0.477 e. The fraction of sp³-hybridized carbons (Fsp3) is 0.462. The smallest absolute Gasteiger partial charge is 0.346 e. The molecule has 0 saturated heterocycles. The molecule has 21 heavy (non-hydrogen) atoms. The predicted octanol–water partition coefficient (Wildman–Crippen LogP) is 1.14. The molecule has 2 rings (SSSR count). The van der Waals surface area contributed by atoms with Crippen LogP contribution in [0, 0.1) is 6.92 Å². The number of carboxylic acids is 1. The van der Waals surface area contributed by atoms with E-state index in [1.54, 1.807) is 18.9 Å². The Morgan fingerprint density at radius 1 is 1.52 bits per heavy atom. The van der Waals surface area contributed by atoms with E-state index in [0.29, 0.717) is 28.1 Å². The summed E-state index contributed by atoms with van der Waals surface area (Å²) in [5.74, 6) is -0.361. The van der Waals surface area contributed by atoms with Crippen molar-refractivity contribution in [3.63, 3.8) is 0 Å². The number of carbonyl (C=O) groups is 1. The molecule has 1 unspecified atom stereocenters. The van der Waals surface area contributed by atoms with Crippen molar-refractivity contribution in [1.29, 1.82) is 0 Å². The van der Waals surface area contributed by atoms with Gasteiger partial charge in [0.25, 0.3) is 0 Å². The van der Waals surface area contributed by atoms with Crippen molar-refractivity contribution in [2.24, 2.45) is 0 Å². The summed E-state index contributed by atoms with van der Waals surface area (Å²) in [6, 6.07) is 0. The van der Waals surface area contributed by atoms with E-state index in [1.807, 2.05) is 0 Å². The monoisotopic (exact) mass is 311 g/mol. The van der Waals surface area contributed by atoms with Crippen LogP contribution in [0.3, 0.4) is 0 Å². The summed E-state index contributed by atoms with van der Waals surface area (Å²) in [6.45, 7) is 2.30. The number of aromatic carboxylic acids is 1. The van der Waals surface area contributed by atoms with Gasteiger partial charge < -0.3 is 19.8 Å². The lowest BCUT2D eigenvalue weighted by molar-refractivity contribution is 0.0693. The lowest BCUT2D eigenvalue weighted by atomic mass is 10.2. The molecule has 0 radical (unpaired) electrons. The van der Waals surface area contributed by atoms with Crippen LogP contribution in [0.4, 0.5) is 5.82 Å². The molecule has 114 valence electrons. The average Bonchev–Trinajstić information content (AvgIpc) is 2.76. The van der Waals surface area contributed by atoms with Gasteiger partial charge in [-0.2, -0.15) is 0 Å². The topological polar surface area (TPSA) is 95.8 Å². The number of aliphatic hydroxyl groups excluding tert-OH is 1. The number of aliphatic hydroxyl groups is 1. The molecule has 0 aliphatic heterocycles. The van der Waals surface area contributed by atoms with Crippen LogP contribution in [0.1, 0.15) is 15.2 Å². The molecule has 0 bridgehead atoms. The number of fused-ring (bicyclic) bond motifs is 1. The van der Waals surface area contributed by atoms with Crippen molar-refractivity contribution >= 4 is 33.3 Å². The number of aromatic nitrogens is 2. The summed E-state index contributed by atoms with van der Waals surface area (Å²) in [5, 5.41) is 19.7. The molecule has 7 nitrogen and oxygen atoms in total. The van der Waals surface area contributed by atoms with Crippen molar-refractivity contribution in [1.82, 2.24) is 9.97 Å². The third kappa shape index (κ3) is 3.12. The first-order chi connectivity index (χ1) is 9.95. The van der Waals surface area contributed by atoms with Crippen LogP contribution in [0.2, 0.25) is 0 Å². The molecule has 2 aromatic rings. The van der Waals surface area contributed by atoms with E-state index >= 15 is 0 Å². The Labute approximate surface area is 125 Å². The second-order valence-corrected chi connectivity index (χ2v) is 5.73. The molecule has 2 N–H and O–H groups in total. The first-order valence-corrected chi connectivity index (χ1v) is 7.12. The van der Waals surface area contributed by atoms with E-state index in [-0.39, 0.29) is 11.5 Å². The average molecular weight is 311 g/mol. The van der Waals surface area contributed by atoms with Crippen LogP contribution >= 0.6 is 11.3 Å². The third-order valence-electron chi connectivity index (χ3n) is 3.11. The maximum absolute atomic E-state index is 11.2. The first-order valence-electron chi connectivity index (χ1n) is 6.31. The highest BCUT2D eigenvalue weighted by Gasteiger charge is 2.21. The first kappa shape index (κ1) is 15.6. The van der Waals surface area contributed by atoms with Crippen molar-refractivity contribution in [2.45, 2.75) is 13.0 Å². The molecular formula is C13H17N3O4S. The van der Waals surface area contributed by atoms with Crippen molar-refractivity contribution < 1.29 is 19.7 Å². The minimum absolute atomic E-state index is 0.224. The Morgan fingerprint density at radius 3 is 2.86 bits per heavy atom. The number of thiophene rings is 1. The van der Waals surface area contributed by atoms with Gasteiger partial charge in [-0.15, -0.1) is 11.3 Å². The van der Waals surface area contributed by atoms with Gasteiger partial charge >= 0.3 is 5.97 Å². The molecule has 0 fully saturated rings. The Morgan fingerprint density at radius 2 is 2.24 bits per heavy atom. The summed E-state index contributed by atoms with van der Waals surface area (Å²) in [4.78, 5) is 22.3. The van der Waals surface area contributed by atoms with Gasteiger partial charge in [-0.05, 0) is 12.5 Å². The van der Waals surface area contributed by atoms with Crippen molar-refractivity contribution in [2.75, 3.05) is 32.2 Å². The zero-order valence-electron chi connectivity index (χ0n) is 12.0. The highest BCUT2D eigenvalue weighted by molar-refractivity contribution is 7.20. The van der Waals surface area contributed by atoms with Gasteiger partial charge in [-0.25, -0.2) is 14.8 Å². The second-order valence-electron chi connectivity index (χ2n) is 4.73. The van der Waals surface area contributed by atoms with E-state index in [1.165, 1.54) is 13.4 Å². The van der Waals surface area contributed by atoms with E-state index in [4.69, 9.17) is 4.74 Å². The quantitative estimate of drug-likeness (QED) is 0.826. The molecule has 0 saturated carbocycles. The maximum atomic E-state index is 11.2. The molecule has 0 aliphatic carbocycles. The largest absolute Gasteiger partial charge is 0.477 e. The number of hydrogen-bond donors (Lipinski definition) is 2. The number of methoxy groups -OCH3 is 1. The van der Waals surface area contributed by atoms with Gasteiger partial charge in [-0.1, -0.05) is 0 Å². The number of nitrogens with zero attached hydrogens (tertiary/aromatic N) is 3. The van der Waals surface area contributed by atoms with Gasteiger partial charge in [-0.3, -0.25) is 0 Å². The Balaban J connectivity index is 2.42. The number of rotatable bonds is 6. The fourth-order valence-corrected chi connectivity index (χ4v) is 3.18. The number of likely N-dealkylation sites (N-methyl/N-ethyl adjacent to an activating group) is 1. The summed E-state index contributed by atoms with van der Waals surface area (Å²) in [7, 11) is 3.31. The summed E-state index contributed by atoms with van der Waals surface area (Å²) in [5.41, 5.74) is 0.645. The summed E-state index contributed by atoms with van der Waals surface area (Å²) in [6.07, 6.45) is 0.751. The van der Waals surface area contributed by atoms with Gasteiger partial charge in [0.15, 0.2) is 0 Å². The SMILES string of the molecule is COCC(O)CN(C)c1ncnc2sc(C(=O)O)c(C)c12. The Bertz CT molecular complexity index is 658. The molecule has 1 atom stereocenters. The van der Waals surface area contributed by atoms with Crippen LogP contribution in [0.5, 0.6) is 0 Å².